The van der Waals surface area contributed by atoms with Gasteiger partial charge in [-0.15, -0.1) is 5.10 Å². The van der Waals surface area contributed by atoms with Crippen molar-refractivity contribution in [2.75, 3.05) is 26.3 Å². The van der Waals surface area contributed by atoms with Crippen molar-refractivity contribution in [2.45, 2.75) is 19.0 Å². The molecular weight excluding hydrogens is 266 g/mol. The summed E-state index contributed by atoms with van der Waals surface area (Å²) in [7, 11) is 0. The molecule has 0 aliphatic carbocycles. The van der Waals surface area contributed by atoms with Crippen LogP contribution in [0.1, 0.15) is 6.42 Å². The van der Waals surface area contributed by atoms with E-state index in [2.05, 4.69) is 15.6 Å². The summed E-state index contributed by atoms with van der Waals surface area (Å²) in [5.41, 5.74) is 0. The largest absolute Gasteiger partial charge is 0.480 e. The minimum absolute atomic E-state index is 0.0295. The van der Waals surface area contributed by atoms with E-state index in [-0.39, 0.29) is 19.2 Å². The number of carboxylic acids is 1. The van der Waals surface area contributed by atoms with E-state index in [0.717, 1.165) is 0 Å². The SMILES string of the molecule is O=C(O)C1COCCN1C(=O)NCCCn1ccnn1. The summed E-state index contributed by atoms with van der Waals surface area (Å²) >= 11 is 0. The molecule has 2 rings (SSSR count). The lowest BCUT2D eigenvalue weighted by molar-refractivity contribution is -0.147. The van der Waals surface area contributed by atoms with Crippen LogP contribution in [0.2, 0.25) is 0 Å². The highest BCUT2D eigenvalue weighted by atomic mass is 16.5. The van der Waals surface area contributed by atoms with Crippen molar-refractivity contribution in [1.29, 1.82) is 0 Å². The van der Waals surface area contributed by atoms with Crippen LogP contribution in [0, 0.1) is 0 Å². The molecule has 1 aromatic heterocycles. The molecule has 1 atom stereocenters. The van der Waals surface area contributed by atoms with Crippen LogP contribution >= 0.6 is 0 Å². The van der Waals surface area contributed by atoms with E-state index in [1.807, 2.05) is 0 Å². The average Bonchev–Trinajstić information content (AvgIpc) is 2.96. The minimum atomic E-state index is -1.05. The maximum absolute atomic E-state index is 11.9. The molecule has 1 aliphatic heterocycles. The number of aliphatic carboxylic acids is 1. The molecule has 2 N–H and O–H groups in total. The van der Waals surface area contributed by atoms with Crippen molar-refractivity contribution >= 4 is 12.0 Å². The normalized spacial score (nSPS) is 18.8. The molecule has 0 saturated carbocycles. The first kappa shape index (κ1) is 14.3. The fourth-order valence-electron chi connectivity index (χ4n) is 1.94. The molecule has 1 saturated heterocycles. The number of hydrogen-bond donors (Lipinski definition) is 2. The van der Waals surface area contributed by atoms with E-state index in [1.165, 1.54) is 4.90 Å². The van der Waals surface area contributed by atoms with Crippen molar-refractivity contribution in [3.8, 4) is 0 Å². The monoisotopic (exact) mass is 283 g/mol. The van der Waals surface area contributed by atoms with Gasteiger partial charge in [0.25, 0.3) is 0 Å². The topological polar surface area (TPSA) is 110 Å². The van der Waals surface area contributed by atoms with Gasteiger partial charge in [-0.1, -0.05) is 5.21 Å². The van der Waals surface area contributed by atoms with Gasteiger partial charge in [0, 0.05) is 25.8 Å². The van der Waals surface area contributed by atoms with Gasteiger partial charge in [-0.3, -0.25) is 4.68 Å². The van der Waals surface area contributed by atoms with Crippen molar-refractivity contribution in [1.82, 2.24) is 25.2 Å². The number of nitrogens with zero attached hydrogens (tertiary/aromatic N) is 4. The summed E-state index contributed by atoms with van der Waals surface area (Å²) < 4.78 is 6.74. The van der Waals surface area contributed by atoms with E-state index in [0.29, 0.717) is 26.1 Å². The number of urea groups is 1. The Hall–Kier alpha value is -2.16. The molecule has 9 heteroatoms. The third-order valence-corrected chi connectivity index (χ3v) is 2.99. The van der Waals surface area contributed by atoms with E-state index in [4.69, 9.17) is 9.84 Å². The summed E-state index contributed by atoms with van der Waals surface area (Å²) in [6.45, 7) is 1.76. The first-order valence-corrected chi connectivity index (χ1v) is 6.37. The lowest BCUT2D eigenvalue weighted by atomic mass is 10.2. The fraction of sp³-hybridized carbons (Fsp3) is 0.636. The van der Waals surface area contributed by atoms with E-state index in [1.54, 1.807) is 17.1 Å². The maximum atomic E-state index is 11.9. The number of aromatic nitrogens is 3. The summed E-state index contributed by atoms with van der Waals surface area (Å²) in [5.74, 6) is -1.05. The first-order chi connectivity index (χ1) is 9.68. The van der Waals surface area contributed by atoms with Crippen molar-refractivity contribution in [3.05, 3.63) is 12.4 Å². The molecule has 1 aliphatic rings. The fourth-order valence-corrected chi connectivity index (χ4v) is 1.94. The Balaban J connectivity index is 1.74. The molecule has 1 fully saturated rings. The number of hydrogen-bond acceptors (Lipinski definition) is 5. The lowest BCUT2D eigenvalue weighted by Crippen LogP contribution is -2.55. The van der Waals surface area contributed by atoms with E-state index < -0.39 is 12.0 Å². The van der Waals surface area contributed by atoms with Crippen molar-refractivity contribution < 1.29 is 19.4 Å². The number of rotatable bonds is 5. The molecule has 110 valence electrons. The summed E-state index contributed by atoms with van der Waals surface area (Å²) in [6, 6.07) is -1.29. The lowest BCUT2D eigenvalue weighted by Gasteiger charge is -2.32. The van der Waals surface area contributed by atoms with Crippen molar-refractivity contribution in [3.63, 3.8) is 0 Å². The van der Waals surface area contributed by atoms with Crippen LogP contribution < -0.4 is 5.32 Å². The Labute approximate surface area is 115 Å². The van der Waals surface area contributed by atoms with E-state index >= 15 is 0 Å². The Kier molecular flexibility index (Phi) is 4.88. The molecule has 0 aromatic carbocycles. The summed E-state index contributed by atoms with van der Waals surface area (Å²) in [6.07, 6.45) is 4.02. The zero-order valence-electron chi connectivity index (χ0n) is 10.9. The quantitative estimate of drug-likeness (QED) is 0.682. The second-order valence-corrected chi connectivity index (χ2v) is 4.37. The van der Waals surface area contributed by atoms with Crippen LogP contribution in [-0.4, -0.2) is 69.3 Å². The molecule has 2 amide bonds. The Morgan fingerprint density at radius 2 is 2.35 bits per heavy atom. The summed E-state index contributed by atoms with van der Waals surface area (Å²) in [4.78, 5) is 24.3. The number of amides is 2. The molecule has 0 spiro atoms. The van der Waals surface area contributed by atoms with Crippen LogP contribution in [0.15, 0.2) is 12.4 Å². The smallest absolute Gasteiger partial charge is 0.328 e. The summed E-state index contributed by atoms with van der Waals surface area (Å²) in [5, 5.41) is 19.2. The van der Waals surface area contributed by atoms with Crippen LogP contribution in [0.3, 0.4) is 0 Å². The molecule has 1 unspecified atom stereocenters. The second-order valence-electron chi connectivity index (χ2n) is 4.37. The number of carbonyl (C=O) groups excluding carboxylic acids is 1. The van der Waals surface area contributed by atoms with Gasteiger partial charge in [0.1, 0.15) is 0 Å². The average molecular weight is 283 g/mol. The molecule has 2 heterocycles. The van der Waals surface area contributed by atoms with Gasteiger partial charge in [0.05, 0.1) is 19.4 Å². The van der Waals surface area contributed by atoms with Gasteiger partial charge in [-0.05, 0) is 6.42 Å². The maximum Gasteiger partial charge on any atom is 0.328 e. The number of carbonyl (C=O) groups is 2. The molecule has 0 bridgehead atoms. The Morgan fingerprint density at radius 1 is 1.50 bits per heavy atom. The van der Waals surface area contributed by atoms with Gasteiger partial charge < -0.3 is 20.1 Å². The van der Waals surface area contributed by atoms with Crippen LogP contribution in [0.5, 0.6) is 0 Å². The van der Waals surface area contributed by atoms with Gasteiger partial charge >= 0.3 is 12.0 Å². The van der Waals surface area contributed by atoms with E-state index in [9.17, 15) is 9.59 Å². The number of nitrogens with one attached hydrogen (secondary N) is 1. The highest BCUT2D eigenvalue weighted by Gasteiger charge is 2.32. The molecular formula is C11H17N5O4. The van der Waals surface area contributed by atoms with Gasteiger partial charge in [0.2, 0.25) is 0 Å². The van der Waals surface area contributed by atoms with Gasteiger partial charge in [-0.25, -0.2) is 9.59 Å². The van der Waals surface area contributed by atoms with Crippen LogP contribution in [0.4, 0.5) is 4.79 Å². The minimum Gasteiger partial charge on any atom is -0.480 e. The molecule has 9 nitrogen and oxygen atoms in total. The zero-order chi connectivity index (χ0) is 14.4. The third-order valence-electron chi connectivity index (χ3n) is 2.99. The predicted octanol–water partition coefficient (Wildman–Crippen LogP) is -0.837. The predicted molar refractivity (Wildman–Crippen MR) is 67.0 cm³/mol. The highest BCUT2D eigenvalue weighted by molar-refractivity contribution is 5.82. The van der Waals surface area contributed by atoms with Crippen LogP contribution in [-0.2, 0) is 16.1 Å². The molecule has 20 heavy (non-hydrogen) atoms. The third kappa shape index (κ3) is 3.67. The second kappa shape index (κ2) is 6.85. The molecule has 1 aromatic rings. The van der Waals surface area contributed by atoms with Gasteiger partial charge in [0.15, 0.2) is 6.04 Å². The number of morpholine rings is 1. The molecule has 0 radical (unpaired) electrons. The Morgan fingerprint density at radius 3 is 3.05 bits per heavy atom. The van der Waals surface area contributed by atoms with Gasteiger partial charge in [-0.2, -0.15) is 0 Å². The number of ether oxygens (including phenoxy) is 1. The number of aryl methyl sites for hydroxylation is 1. The Bertz CT molecular complexity index is 450. The standard InChI is InChI=1S/C11H17N5O4/c17-10(18)9-8-20-7-6-16(9)11(19)12-2-1-4-15-5-3-13-14-15/h3,5,9H,1-2,4,6-8H2,(H,12,19)(H,17,18). The first-order valence-electron chi connectivity index (χ1n) is 6.37. The van der Waals surface area contributed by atoms with Crippen molar-refractivity contribution in [2.24, 2.45) is 0 Å². The number of carboxylic acid groups (broad SMARTS) is 1. The zero-order valence-corrected chi connectivity index (χ0v) is 10.9. The van der Waals surface area contributed by atoms with Crippen LogP contribution in [0.25, 0.3) is 0 Å². The highest BCUT2D eigenvalue weighted by Crippen LogP contribution is 2.07.